The lowest BCUT2D eigenvalue weighted by atomic mass is 10.1. The number of aromatic nitrogens is 4. The number of carbonyl (C=O) groups excluding carboxylic acids is 3. The monoisotopic (exact) mass is 718 g/mol. The number of aliphatic carboxylic acids is 1. The molecule has 52 heavy (non-hydrogen) atoms. The number of hydrogen-bond donors (Lipinski definition) is 7. The highest BCUT2D eigenvalue weighted by Crippen LogP contribution is 2.13. The third kappa shape index (κ3) is 11.5. The van der Waals surface area contributed by atoms with Gasteiger partial charge in [-0.1, -0.05) is 0 Å². The standard InChI is InChI=1S/C33H35FN10O8/c34-24-6-3-20(15-21(24)16-35)29(46)38-10-12-52-14-13-51-11-9-37-26(45)8-7-25(32(49)50)42-30(47)19-1-4-22(5-2-19)39-17-23-18-40-28-27(41-23)31(48)44-33(36)43-28/h1-6,15,18,25,39H,7-14,17H2,(H,37,45)(H,38,46)(H,42,47)(H,49,50)(H3,36,40,43,44,48)/t25-/m0/s1. The number of benzene rings is 2. The number of rotatable bonds is 19. The third-order valence-electron chi connectivity index (χ3n) is 7.19. The molecule has 0 unspecified atom stereocenters. The van der Waals surface area contributed by atoms with Crippen LogP contribution in [0.5, 0.6) is 0 Å². The third-order valence-corrected chi connectivity index (χ3v) is 7.19. The lowest BCUT2D eigenvalue weighted by Crippen LogP contribution is -2.41. The number of nitrogen functional groups attached to an aromatic ring is 1. The number of halogens is 1. The lowest BCUT2D eigenvalue weighted by molar-refractivity contribution is -0.139. The highest BCUT2D eigenvalue weighted by atomic mass is 19.1. The van der Waals surface area contributed by atoms with Crippen LogP contribution in [0.1, 0.15) is 44.8 Å². The van der Waals surface area contributed by atoms with E-state index in [1.807, 2.05) is 0 Å². The number of nitrogens with one attached hydrogen (secondary N) is 5. The molecule has 0 aliphatic carbocycles. The Labute approximate surface area is 295 Å². The van der Waals surface area contributed by atoms with E-state index in [0.29, 0.717) is 11.4 Å². The molecule has 0 aliphatic heterocycles. The summed E-state index contributed by atoms with van der Waals surface area (Å²) in [6, 6.07) is 10.1. The van der Waals surface area contributed by atoms with Gasteiger partial charge in [-0.2, -0.15) is 10.2 Å². The summed E-state index contributed by atoms with van der Waals surface area (Å²) in [6.07, 6.45) is 1.15. The van der Waals surface area contributed by atoms with E-state index in [1.165, 1.54) is 24.4 Å². The van der Waals surface area contributed by atoms with Gasteiger partial charge in [0.05, 0.1) is 50.4 Å². The Balaban J connectivity index is 1.07. The Hall–Kier alpha value is -6.52. The molecule has 2 aromatic heterocycles. The Morgan fingerprint density at radius 1 is 0.962 bits per heavy atom. The van der Waals surface area contributed by atoms with Crippen molar-refractivity contribution < 1.29 is 38.1 Å². The number of nitrogens with two attached hydrogens (primary N) is 1. The zero-order chi connectivity index (χ0) is 37.5. The maximum atomic E-state index is 13.4. The van der Waals surface area contributed by atoms with Crippen molar-refractivity contribution in [1.82, 2.24) is 35.9 Å². The van der Waals surface area contributed by atoms with Gasteiger partial charge in [0.25, 0.3) is 17.4 Å². The second-order valence-electron chi connectivity index (χ2n) is 11.0. The lowest BCUT2D eigenvalue weighted by Gasteiger charge is -2.15. The first kappa shape index (κ1) is 38.3. The summed E-state index contributed by atoms with van der Waals surface area (Å²) in [5, 5.41) is 29.2. The molecule has 19 heteroatoms. The van der Waals surface area contributed by atoms with Gasteiger partial charge in [0.15, 0.2) is 11.2 Å². The van der Waals surface area contributed by atoms with E-state index in [2.05, 4.69) is 41.2 Å². The van der Waals surface area contributed by atoms with Crippen molar-refractivity contribution in [2.24, 2.45) is 0 Å². The number of amides is 3. The first-order valence-corrected chi connectivity index (χ1v) is 15.8. The van der Waals surface area contributed by atoms with Gasteiger partial charge in [-0.25, -0.2) is 19.2 Å². The maximum absolute atomic E-state index is 13.4. The van der Waals surface area contributed by atoms with E-state index in [-0.39, 0.29) is 92.7 Å². The van der Waals surface area contributed by atoms with Crippen molar-refractivity contribution in [3.05, 3.63) is 87.2 Å². The van der Waals surface area contributed by atoms with Gasteiger partial charge in [0, 0.05) is 36.3 Å². The quantitative estimate of drug-likeness (QED) is 0.0649. The number of carboxylic acid groups (broad SMARTS) is 1. The molecule has 0 spiro atoms. The largest absolute Gasteiger partial charge is 0.480 e. The van der Waals surface area contributed by atoms with E-state index < -0.39 is 41.1 Å². The second-order valence-corrected chi connectivity index (χ2v) is 11.0. The van der Waals surface area contributed by atoms with Gasteiger partial charge < -0.3 is 41.6 Å². The molecule has 1 atom stereocenters. The molecule has 4 rings (SSSR count). The summed E-state index contributed by atoms with van der Waals surface area (Å²) >= 11 is 0. The molecular weight excluding hydrogens is 683 g/mol. The summed E-state index contributed by atoms with van der Waals surface area (Å²) in [5.74, 6) is -3.59. The molecule has 0 saturated heterocycles. The van der Waals surface area contributed by atoms with Gasteiger partial charge in [-0.05, 0) is 48.9 Å². The molecule has 0 fully saturated rings. The number of fused-ring (bicyclic) bond motifs is 1. The summed E-state index contributed by atoms with van der Waals surface area (Å²) in [5.41, 5.74) is 6.37. The van der Waals surface area contributed by atoms with E-state index in [1.54, 1.807) is 18.2 Å². The number of hydrogen-bond acceptors (Lipinski definition) is 13. The molecule has 8 N–H and O–H groups in total. The van der Waals surface area contributed by atoms with Crippen molar-refractivity contribution in [2.75, 3.05) is 50.6 Å². The van der Waals surface area contributed by atoms with Crippen LogP contribution in [0.3, 0.4) is 0 Å². The smallest absolute Gasteiger partial charge is 0.326 e. The molecule has 0 aliphatic rings. The molecule has 4 aromatic rings. The first-order valence-electron chi connectivity index (χ1n) is 15.8. The molecule has 0 saturated carbocycles. The minimum Gasteiger partial charge on any atom is -0.480 e. The number of carbonyl (C=O) groups is 4. The van der Waals surface area contributed by atoms with Crippen molar-refractivity contribution >= 4 is 46.5 Å². The highest BCUT2D eigenvalue weighted by molar-refractivity contribution is 5.97. The number of carboxylic acids is 1. The molecule has 18 nitrogen and oxygen atoms in total. The predicted octanol–water partition coefficient (Wildman–Crippen LogP) is 0.461. The first-order chi connectivity index (χ1) is 25.0. The fourth-order valence-corrected chi connectivity index (χ4v) is 4.53. The summed E-state index contributed by atoms with van der Waals surface area (Å²) < 4.78 is 24.1. The minimum atomic E-state index is -1.31. The Bertz CT molecular complexity index is 2000. The molecule has 0 radical (unpaired) electrons. The molecule has 272 valence electrons. The number of nitrogens with zero attached hydrogens (tertiary/aromatic N) is 4. The van der Waals surface area contributed by atoms with Crippen molar-refractivity contribution in [1.29, 1.82) is 5.26 Å². The Kier molecular flexibility index (Phi) is 14.0. The van der Waals surface area contributed by atoms with Crippen LogP contribution >= 0.6 is 0 Å². The SMILES string of the molecule is N#Cc1cc(C(=O)NCCOCCOCCNC(=O)CC[C@H](NC(=O)c2ccc(NCc3cnc4nc(N)[nH]c(=O)c4n3)cc2)C(=O)O)ccc1F. The van der Waals surface area contributed by atoms with Crippen molar-refractivity contribution in [3.8, 4) is 6.07 Å². The van der Waals surface area contributed by atoms with Crippen molar-refractivity contribution in [2.45, 2.75) is 25.4 Å². The highest BCUT2D eigenvalue weighted by Gasteiger charge is 2.22. The number of H-pyrrole nitrogens is 1. The summed E-state index contributed by atoms with van der Waals surface area (Å²) in [7, 11) is 0. The van der Waals surface area contributed by atoms with E-state index >= 15 is 0 Å². The summed E-state index contributed by atoms with van der Waals surface area (Å²) in [4.78, 5) is 75.5. The Morgan fingerprint density at radius 2 is 1.65 bits per heavy atom. The van der Waals surface area contributed by atoms with Crippen LogP contribution in [0.25, 0.3) is 11.2 Å². The number of anilines is 2. The van der Waals surface area contributed by atoms with Crippen LogP contribution in [0, 0.1) is 17.1 Å². The molecule has 2 aromatic carbocycles. The predicted molar refractivity (Wildman–Crippen MR) is 182 cm³/mol. The van der Waals surface area contributed by atoms with Gasteiger partial charge in [0.2, 0.25) is 11.9 Å². The second kappa shape index (κ2) is 19.0. The molecule has 3 amide bonds. The van der Waals surface area contributed by atoms with Crippen LogP contribution in [0.2, 0.25) is 0 Å². The minimum absolute atomic E-state index is 0.0422. The van der Waals surface area contributed by atoms with Crippen LogP contribution in [-0.2, 0) is 25.6 Å². The van der Waals surface area contributed by atoms with Crippen LogP contribution in [0.15, 0.2) is 53.5 Å². The van der Waals surface area contributed by atoms with Gasteiger partial charge >= 0.3 is 5.97 Å². The van der Waals surface area contributed by atoms with Gasteiger partial charge in [-0.15, -0.1) is 0 Å². The molecule has 2 heterocycles. The average Bonchev–Trinajstić information content (AvgIpc) is 3.13. The number of ether oxygens (including phenoxy) is 2. The van der Waals surface area contributed by atoms with Gasteiger partial charge in [-0.3, -0.25) is 24.2 Å². The van der Waals surface area contributed by atoms with Crippen LogP contribution in [-0.4, -0.2) is 94.3 Å². The zero-order valence-corrected chi connectivity index (χ0v) is 27.6. The number of nitriles is 1. The fourth-order valence-electron chi connectivity index (χ4n) is 4.53. The summed E-state index contributed by atoms with van der Waals surface area (Å²) in [6.45, 7) is 1.35. The molecular formula is C33H35FN10O8. The normalized spacial score (nSPS) is 11.3. The molecule has 0 bridgehead atoms. The average molecular weight is 719 g/mol. The fraction of sp³-hybridized carbons (Fsp3) is 0.303. The van der Waals surface area contributed by atoms with Gasteiger partial charge in [0.1, 0.15) is 17.9 Å². The van der Waals surface area contributed by atoms with Crippen LogP contribution in [0.4, 0.5) is 16.0 Å². The maximum Gasteiger partial charge on any atom is 0.326 e. The van der Waals surface area contributed by atoms with Crippen molar-refractivity contribution in [3.63, 3.8) is 0 Å². The topological polar surface area (TPSA) is 276 Å². The Morgan fingerprint density at radius 3 is 2.35 bits per heavy atom. The van der Waals surface area contributed by atoms with E-state index in [0.717, 1.165) is 12.1 Å². The van der Waals surface area contributed by atoms with E-state index in [9.17, 15) is 33.5 Å². The van der Waals surface area contributed by atoms with Crippen LogP contribution < -0.4 is 32.6 Å². The zero-order valence-electron chi connectivity index (χ0n) is 27.6. The number of aromatic amines is 1. The van der Waals surface area contributed by atoms with E-state index in [4.69, 9.17) is 20.5 Å².